The number of pyridine rings is 1. The van der Waals surface area contributed by atoms with Gasteiger partial charge in [-0.25, -0.2) is 0 Å². The van der Waals surface area contributed by atoms with Crippen LogP contribution in [-0.2, 0) is 11.3 Å². The molecule has 0 bridgehead atoms. The molecule has 2 aromatic heterocycles. The quantitative estimate of drug-likeness (QED) is 0.718. The predicted molar refractivity (Wildman–Crippen MR) is 94.9 cm³/mol. The highest BCUT2D eigenvalue weighted by atomic mass is 32.1. The minimum Gasteiger partial charge on any atom is -0.348 e. The molecule has 3 rings (SSSR count). The molecule has 114 valence electrons. The van der Waals surface area contributed by atoms with Gasteiger partial charge in [0.2, 0.25) is 5.91 Å². The first kappa shape index (κ1) is 15.2. The van der Waals surface area contributed by atoms with E-state index in [-0.39, 0.29) is 5.91 Å². The van der Waals surface area contributed by atoms with E-state index in [9.17, 15) is 4.79 Å². The van der Waals surface area contributed by atoms with Gasteiger partial charge in [0.1, 0.15) is 0 Å². The third kappa shape index (κ3) is 4.37. The summed E-state index contributed by atoms with van der Waals surface area (Å²) < 4.78 is 0. The Hall–Kier alpha value is -2.72. The van der Waals surface area contributed by atoms with Crippen molar-refractivity contribution >= 4 is 23.3 Å². The second-order valence-corrected chi connectivity index (χ2v) is 5.97. The fourth-order valence-corrected chi connectivity index (χ4v) is 2.85. The van der Waals surface area contributed by atoms with Gasteiger partial charge in [-0.1, -0.05) is 36.4 Å². The van der Waals surface area contributed by atoms with E-state index in [4.69, 9.17) is 0 Å². The summed E-state index contributed by atoms with van der Waals surface area (Å²) >= 11 is 1.68. The highest BCUT2D eigenvalue weighted by molar-refractivity contribution is 7.13. The van der Waals surface area contributed by atoms with Crippen LogP contribution in [0.3, 0.4) is 0 Å². The second kappa shape index (κ2) is 7.51. The molecule has 0 unspecified atom stereocenters. The molecule has 1 aromatic carbocycles. The monoisotopic (exact) mass is 320 g/mol. The largest absolute Gasteiger partial charge is 0.348 e. The average molecular weight is 320 g/mol. The van der Waals surface area contributed by atoms with E-state index < -0.39 is 0 Å². The van der Waals surface area contributed by atoms with Crippen LogP contribution in [0.15, 0.2) is 72.4 Å². The molecule has 1 N–H and O–H groups in total. The molecule has 0 aliphatic heterocycles. The van der Waals surface area contributed by atoms with Crippen molar-refractivity contribution in [2.45, 2.75) is 6.54 Å². The molecule has 0 spiro atoms. The van der Waals surface area contributed by atoms with Crippen molar-refractivity contribution in [2.24, 2.45) is 0 Å². The van der Waals surface area contributed by atoms with Gasteiger partial charge in [0.15, 0.2) is 0 Å². The smallest absolute Gasteiger partial charge is 0.244 e. The molecule has 2 heterocycles. The minimum atomic E-state index is -0.115. The van der Waals surface area contributed by atoms with Crippen LogP contribution in [0, 0.1) is 0 Å². The molecule has 0 fully saturated rings. The van der Waals surface area contributed by atoms with Crippen LogP contribution in [0.25, 0.3) is 16.5 Å². The number of carbonyl (C=O) groups excluding carboxylic acids is 1. The summed E-state index contributed by atoms with van der Waals surface area (Å²) in [4.78, 5) is 17.3. The minimum absolute atomic E-state index is 0.115. The third-order valence-electron chi connectivity index (χ3n) is 3.29. The first-order valence-corrected chi connectivity index (χ1v) is 8.18. The van der Waals surface area contributed by atoms with Crippen LogP contribution in [0.2, 0.25) is 0 Å². The molecule has 3 nitrogen and oxygen atoms in total. The lowest BCUT2D eigenvalue weighted by atomic mass is 10.2. The van der Waals surface area contributed by atoms with E-state index in [1.807, 2.05) is 48.0 Å². The van der Waals surface area contributed by atoms with E-state index >= 15 is 0 Å². The number of rotatable bonds is 5. The Bertz CT molecular complexity index is 795. The molecule has 3 aromatic rings. The fourth-order valence-electron chi connectivity index (χ4n) is 2.15. The van der Waals surface area contributed by atoms with Gasteiger partial charge < -0.3 is 5.32 Å². The van der Waals surface area contributed by atoms with E-state index in [0.29, 0.717) is 6.54 Å². The Balaban J connectivity index is 1.59. The Labute approximate surface area is 139 Å². The van der Waals surface area contributed by atoms with Gasteiger partial charge in [0.05, 0.1) is 0 Å². The van der Waals surface area contributed by atoms with Crippen LogP contribution < -0.4 is 5.32 Å². The molecule has 0 radical (unpaired) electrons. The number of carbonyl (C=O) groups is 1. The van der Waals surface area contributed by atoms with Crippen LogP contribution in [0.1, 0.15) is 11.1 Å². The van der Waals surface area contributed by atoms with E-state index in [0.717, 1.165) is 16.7 Å². The number of benzene rings is 1. The van der Waals surface area contributed by atoms with Crippen molar-refractivity contribution in [1.29, 1.82) is 0 Å². The predicted octanol–water partition coefficient (Wildman–Crippen LogP) is 4.14. The van der Waals surface area contributed by atoms with Gasteiger partial charge in [-0.15, -0.1) is 11.3 Å². The number of aromatic nitrogens is 1. The first-order chi connectivity index (χ1) is 11.3. The van der Waals surface area contributed by atoms with Crippen molar-refractivity contribution in [2.75, 3.05) is 0 Å². The maximum Gasteiger partial charge on any atom is 0.244 e. The number of nitrogens with zero attached hydrogens (tertiary/aromatic N) is 1. The summed E-state index contributed by atoms with van der Waals surface area (Å²) in [5.74, 6) is -0.115. The second-order valence-electron chi connectivity index (χ2n) is 5.02. The Morgan fingerprint density at radius 1 is 1.13 bits per heavy atom. The molecule has 1 amide bonds. The zero-order chi connectivity index (χ0) is 15.9. The lowest BCUT2D eigenvalue weighted by Crippen LogP contribution is -2.20. The summed E-state index contributed by atoms with van der Waals surface area (Å²) in [5, 5.41) is 4.92. The molecule has 23 heavy (non-hydrogen) atoms. The SMILES string of the molecule is O=C(/C=C/c1ccccc1)NCc1cncc(-c2cccs2)c1. The van der Waals surface area contributed by atoms with Gasteiger partial charge in [-0.05, 0) is 34.7 Å². The highest BCUT2D eigenvalue weighted by Gasteiger charge is 2.02. The lowest BCUT2D eigenvalue weighted by Gasteiger charge is -2.04. The molecular weight excluding hydrogens is 304 g/mol. The normalized spacial score (nSPS) is 10.8. The third-order valence-corrected chi connectivity index (χ3v) is 4.21. The number of amides is 1. The van der Waals surface area contributed by atoms with Crippen molar-refractivity contribution in [1.82, 2.24) is 10.3 Å². The van der Waals surface area contributed by atoms with Crippen LogP contribution in [0.5, 0.6) is 0 Å². The van der Waals surface area contributed by atoms with E-state index in [2.05, 4.69) is 22.4 Å². The number of nitrogens with one attached hydrogen (secondary N) is 1. The van der Waals surface area contributed by atoms with Gasteiger partial charge in [0.25, 0.3) is 0 Å². The van der Waals surface area contributed by atoms with Crippen molar-refractivity contribution < 1.29 is 4.79 Å². The van der Waals surface area contributed by atoms with Crippen LogP contribution in [0.4, 0.5) is 0 Å². The summed E-state index contributed by atoms with van der Waals surface area (Å²) in [6, 6.07) is 15.9. The number of hydrogen-bond acceptors (Lipinski definition) is 3. The molecule has 0 saturated carbocycles. The standard InChI is InChI=1S/C19H16N2OS/c22-19(9-8-15-5-2-1-3-6-15)21-13-16-11-17(14-20-12-16)18-7-4-10-23-18/h1-12,14H,13H2,(H,21,22)/b9-8+. The van der Waals surface area contributed by atoms with Crippen molar-refractivity contribution in [3.05, 3.63) is 83.5 Å². The maximum absolute atomic E-state index is 11.9. The maximum atomic E-state index is 11.9. The lowest BCUT2D eigenvalue weighted by molar-refractivity contribution is -0.116. The number of hydrogen-bond donors (Lipinski definition) is 1. The topological polar surface area (TPSA) is 42.0 Å². The molecule has 4 heteroatoms. The van der Waals surface area contributed by atoms with Gasteiger partial charge in [0, 0.05) is 35.5 Å². The van der Waals surface area contributed by atoms with Gasteiger partial charge >= 0.3 is 0 Å². The Kier molecular flexibility index (Phi) is 4.96. The average Bonchev–Trinajstić information content (AvgIpc) is 3.14. The summed E-state index contributed by atoms with van der Waals surface area (Å²) in [6.45, 7) is 0.462. The highest BCUT2D eigenvalue weighted by Crippen LogP contribution is 2.24. The van der Waals surface area contributed by atoms with Crippen LogP contribution >= 0.6 is 11.3 Å². The molecule has 0 saturated heterocycles. The first-order valence-electron chi connectivity index (χ1n) is 7.30. The molecule has 0 aliphatic rings. The Morgan fingerprint density at radius 2 is 2.00 bits per heavy atom. The zero-order valence-electron chi connectivity index (χ0n) is 12.5. The van der Waals surface area contributed by atoms with Crippen LogP contribution in [-0.4, -0.2) is 10.9 Å². The molecule has 0 aliphatic carbocycles. The summed E-state index contributed by atoms with van der Waals surface area (Å²) in [7, 11) is 0. The van der Waals surface area contributed by atoms with E-state index in [1.165, 1.54) is 4.88 Å². The van der Waals surface area contributed by atoms with Crippen molar-refractivity contribution in [3.8, 4) is 10.4 Å². The molecule has 0 atom stereocenters. The van der Waals surface area contributed by atoms with Crippen molar-refractivity contribution in [3.63, 3.8) is 0 Å². The van der Waals surface area contributed by atoms with E-state index in [1.54, 1.807) is 29.7 Å². The molecular formula is C19H16N2OS. The fraction of sp³-hybridized carbons (Fsp3) is 0.0526. The summed E-state index contributed by atoms with van der Waals surface area (Å²) in [5.41, 5.74) is 3.06. The van der Waals surface area contributed by atoms with Gasteiger partial charge in [-0.3, -0.25) is 9.78 Å². The number of thiophene rings is 1. The van der Waals surface area contributed by atoms with Gasteiger partial charge in [-0.2, -0.15) is 0 Å². The Morgan fingerprint density at radius 3 is 2.78 bits per heavy atom. The zero-order valence-corrected chi connectivity index (χ0v) is 13.3. The summed E-state index contributed by atoms with van der Waals surface area (Å²) in [6.07, 6.45) is 6.96.